The zero-order chi connectivity index (χ0) is 19.9. The number of rotatable bonds is 8. The molecule has 3 aromatic rings. The Morgan fingerprint density at radius 1 is 0.964 bits per heavy atom. The van der Waals surface area contributed by atoms with Crippen LogP contribution in [0.4, 0.5) is 20.7 Å². The van der Waals surface area contributed by atoms with Crippen LogP contribution in [0, 0.1) is 11.6 Å². The van der Waals surface area contributed by atoms with Crippen LogP contribution < -0.4 is 10.6 Å². The van der Waals surface area contributed by atoms with E-state index in [0.29, 0.717) is 13.1 Å². The molecule has 0 aliphatic rings. The van der Waals surface area contributed by atoms with Gasteiger partial charge in [-0.1, -0.05) is 24.3 Å². The standard InChI is InChI=1S/C19H19F2N5O2/c1-28-12-17(27)26-19(23-11-14-4-8-16(21)9-5-14)24-18(25-26)22-10-13-2-6-15(20)7-3-13/h2-9H,10-12H2,1H3,(H2,22,23,24,25). The molecule has 0 amide bonds. The molecule has 0 fully saturated rings. The van der Waals surface area contributed by atoms with Crippen LogP contribution in [0.1, 0.15) is 15.9 Å². The molecule has 0 atom stereocenters. The summed E-state index contributed by atoms with van der Waals surface area (Å²) in [6.07, 6.45) is 0. The fourth-order valence-corrected chi connectivity index (χ4v) is 2.43. The van der Waals surface area contributed by atoms with Crippen LogP contribution in [0.25, 0.3) is 0 Å². The van der Waals surface area contributed by atoms with Gasteiger partial charge in [0.25, 0.3) is 5.91 Å². The van der Waals surface area contributed by atoms with Crippen LogP contribution in [0.2, 0.25) is 0 Å². The fraction of sp³-hybridized carbons (Fsp3) is 0.211. The topological polar surface area (TPSA) is 81.1 Å². The maximum atomic E-state index is 13.0. The molecule has 0 bridgehead atoms. The van der Waals surface area contributed by atoms with E-state index in [4.69, 9.17) is 4.74 Å². The van der Waals surface area contributed by atoms with Crippen LogP contribution in [0.15, 0.2) is 48.5 Å². The van der Waals surface area contributed by atoms with Gasteiger partial charge in [0.2, 0.25) is 11.9 Å². The number of halogens is 2. The fourth-order valence-electron chi connectivity index (χ4n) is 2.43. The molecule has 0 spiro atoms. The summed E-state index contributed by atoms with van der Waals surface area (Å²) in [4.78, 5) is 16.5. The Morgan fingerprint density at radius 2 is 1.50 bits per heavy atom. The van der Waals surface area contributed by atoms with E-state index in [9.17, 15) is 13.6 Å². The maximum absolute atomic E-state index is 13.0. The van der Waals surface area contributed by atoms with Crippen LogP contribution >= 0.6 is 0 Å². The van der Waals surface area contributed by atoms with Crippen molar-refractivity contribution >= 4 is 17.8 Å². The molecule has 146 valence electrons. The second-order valence-electron chi connectivity index (χ2n) is 5.96. The van der Waals surface area contributed by atoms with Crippen molar-refractivity contribution in [1.82, 2.24) is 14.8 Å². The molecule has 1 heterocycles. The molecule has 1 aromatic heterocycles. The van der Waals surface area contributed by atoms with E-state index < -0.39 is 5.91 Å². The molecule has 0 radical (unpaired) electrons. The van der Waals surface area contributed by atoms with E-state index in [-0.39, 0.29) is 30.1 Å². The highest BCUT2D eigenvalue weighted by Crippen LogP contribution is 2.13. The molecule has 0 aliphatic heterocycles. The number of methoxy groups -OCH3 is 1. The monoisotopic (exact) mass is 387 g/mol. The molecule has 0 aliphatic carbocycles. The molecular weight excluding hydrogens is 368 g/mol. The molecular formula is C19H19F2N5O2. The Labute approximate surface area is 160 Å². The van der Waals surface area contributed by atoms with Gasteiger partial charge >= 0.3 is 0 Å². The summed E-state index contributed by atoms with van der Waals surface area (Å²) in [5.41, 5.74) is 1.65. The smallest absolute Gasteiger partial charge is 0.276 e. The summed E-state index contributed by atoms with van der Waals surface area (Å²) in [7, 11) is 1.41. The average Bonchev–Trinajstić information content (AvgIpc) is 3.11. The van der Waals surface area contributed by atoms with Gasteiger partial charge in [-0.05, 0) is 35.4 Å². The van der Waals surface area contributed by atoms with E-state index in [1.54, 1.807) is 24.3 Å². The molecule has 0 saturated heterocycles. The summed E-state index contributed by atoms with van der Waals surface area (Å²) in [6.45, 7) is 0.531. The third-order valence-electron chi connectivity index (χ3n) is 3.84. The molecule has 3 rings (SSSR count). The summed E-state index contributed by atoms with van der Waals surface area (Å²) in [6, 6.07) is 12.0. The van der Waals surface area contributed by atoms with Crippen molar-refractivity contribution in [1.29, 1.82) is 0 Å². The van der Waals surface area contributed by atoms with E-state index in [1.165, 1.54) is 31.4 Å². The molecule has 0 unspecified atom stereocenters. The third-order valence-corrected chi connectivity index (χ3v) is 3.84. The first-order valence-electron chi connectivity index (χ1n) is 8.51. The van der Waals surface area contributed by atoms with Gasteiger partial charge in [0.15, 0.2) is 0 Å². The number of carbonyl (C=O) groups is 1. The Morgan fingerprint density at radius 3 is 2.04 bits per heavy atom. The second-order valence-corrected chi connectivity index (χ2v) is 5.96. The minimum absolute atomic E-state index is 0.161. The number of carbonyl (C=O) groups excluding carboxylic acids is 1. The Hall–Kier alpha value is -3.33. The first kappa shape index (κ1) is 19.4. The summed E-state index contributed by atoms with van der Waals surface area (Å²) >= 11 is 0. The molecule has 9 heteroatoms. The number of hydrogen-bond acceptors (Lipinski definition) is 6. The maximum Gasteiger partial charge on any atom is 0.276 e. The number of ether oxygens (including phenoxy) is 1. The predicted octanol–water partition coefficient (Wildman–Crippen LogP) is 3.07. The number of hydrogen-bond donors (Lipinski definition) is 2. The van der Waals surface area contributed by atoms with Gasteiger partial charge in [0.05, 0.1) is 0 Å². The van der Waals surface area contributed by atoms with E-state index >= 15 is 0 Å². The Balaban J connectivity index is 1.72. The lowest BCUT2D eigenvalue weighted by Gasteiger charge is -2.06. The minimum Gasteiger partial charge on any atom is -0.375 e. The van der Waals surface area contributed by atoms with Crippen molar-refractivity contribution in [2.45, 2.75) is 13.1 Å². The van der Waals surface area contributed by atoms with Crippen LogP contribution in [-0.4, -0.2) is 34.4 Å². The number of nitrogens with zero attached hydrogens (tertiary/aromatic N) is 3. The van der Waals surface area contributed by atoms with Gasteiger partial charge in [-0.2, -0.15) is 9.67 Å². The lowest BCUT2D eigenvalue weighted by atomic mass is 10.2. The Kier molecular flexibility index (Phi) is 6.28. The minimum atomic E-state index is -0.397. The van der Waals surface area contributed by atoms with E-state index in [2.05, 4.69) is 20.7 Å². The number of nitrogens with one attached hydrogen (secondary N) is 2. The van der Waals surface area contributed by atoms with E-state index in [1.807, 2.05) is 0 Å². The molecule has 2 N–H and O–H groups in total. The number of benzene rings is 2. The largest absolute Gasteiger partial charge is 0.375 e. The predicted molar refractivity (Wildman–Crippen MR) is 100.0 cm³/mol. The zero-order valence-corrected chi connectivity index (χ0v) is 15.2. The number of anilines is 2. The molecule has 7 nitrogen and oxygen atoms in total. The molecule has 0 saturated carbocycles. The van der Waals surface area contributed by atoms with Crippen molar-refractivity contribution in [3.05, 3.63) is 71.3 Å². The molecule has 2 aromatic carbocycles. The van der Waals surface area contributed by atoms with Crippen LogP contribution in [-0.2, 0) is 17.8 Å². The summed E-state index contributed by atoms with van der Waals surface area (Å²) < 4.78 is 32.0. The highest BCUT2D eigenvalue weighted by atomic mass is 19.1. The van der Waals surface area contributed by atoms with Crippen molar-refractivity contribution in [3.63, 3.8) is 0 Å². The second kappa shape index (κ2) is 9.05. The van der Waals surface area contributed by atoms with Crippen LogP contribution in [0.3, 0.4) is 0 Å². The highest BCUT2D eigenvalue weighted by Gasteiger charge is 2.16. The van der Waals surface area contributed by atoms with Gasteiger partial charge in [0, 0.05) is 20.2 Å². The van der Waals surface area contributed by atoms with Gasteiger partial charge in [-0.15, -0.1) is 5.10 Å². The van der Waals surface area contributed by atoms with E-state index in [0.717, 1.165) is 15.8 Å². The van der Waals surface area contributed by atoms with Gasteiger partial charge in [-0.3, -0.25) is 4.79 Å². The lowest BCUT2D eigenvalue weighted by Crippen LogP contribution is -2.20. The first-order chi connectivity index (χ1) is 13.5. The van der Waals surface area contributed by atoms with Crippen molar-refractivity contribution in [2.75, 3.05) is 24.4 Å². The van der Waals surface area contributed by atoms with Gasteiger partial charge < -0.3 is 15.4 Å². The Bertz CT molecular complexity index is 927. The lowest BCUT2D eigenvalue weighted by molar-refractivity contribution is 0.0748. The normalized spacial score (nSPS) is 10.7. The van der Waals surface area contributed by atoms with Gasteiger partial charge in [0.1, 0.15) is 18.2 Å². The first-order valence-corrected chi connectivity index (χ1v) is 8.51. The van der Waals surface area contributed by atoms with Crippen LogP contribution in [0.5, 0.6) is 0 Å². The quantitative estimate of drug-likeness (QED) is 0.618. The van der Waals surface area contributed by atoms with Crippen molar-refractivity contribution < 1.29 is 18.3 Å². The summed E-state index contributed by atoms with van der Waals surface area (Å²) in [5, 5.41) is 10.2. The average molecular weight is 387 g/mol. The van der Waals surface area contributed by atoms with Crippen molar-refractivity contribution in [2.24, 2.45) is 0 Å². The molecule has 28 heavy (non-hydrogen) atoms. The zero-order valence-electron chi connectivity index (χ0n) is 15.2. The van der Waals surface area contributed by atoms with Gasteiger partial charge in [-0.25, -0.2) is 8.78 Å². The number of aromatic nitrogens is 3. The van der Waals surface area contributed by atoms with Crippen molar-refractivity contribution in [3.8, 4) is 0 Å². The SMILES string of the molecule is COCC(=O)n1nc(NCc2ccc(F)cc2)nc1NCc1ccc(F)cc1. The third kappa shape index (κ3) is 5.10. The summed E-state index contributed by atoms with van der Waals surface area (Å²) in [5.74, 6) is -0.576. The highest BCUT2D eigenvalue weighted by molar-refractivity contribution is 5.82.